The summed E-state index contributed by atoms with van der Waals surface area (Å²) in [6.45, 7) is 4.47. The average Bonchev–Trinajstić information content (AvgIpc) is 2.75. The fraction of sp³-hybridized carbons (Fsp3) is 0.438. The maximum Gasteiger partial charge on any atom is 0.150 e. The van der Waals surface area contributed by atoms with Crippen LogP contribution in [-0.4, -0.2) is 11.3 Å². The fourth-order valence-corrected chi connectivity index (χ4v) is 3.43. The third kappa shape index (κ3) is 2.92. The number of aromatic nitrogens is 1. The van der Waals surface area contributed by atoms with Crippen molar-refractivity contribution in [1.82, 2.24) is 4.98 Å². The Labute approximate surface area is 122 Å². The molecule has 0 saturated heterocycles. The highest BCUT2D eigenvalue weighted by Crippen LogP contribution is 2.37. The van der Waals surface area contributed by atoms with E-state index in [0.29, 0.717) is 5.92 Å². The highest BCUT2D eigenvalue weighted by atomic mass is 79.9. The molecule has 0 fully saturated rings. The molecule has 0 saturated carbocycles. The molecule has 1 N–H and O–H groups in total. The summed E-state index contributed by atoms with van der Waals surface area (Å²) in [4.78, 5) is 14.2. The van der Waals surface area contributed by atoms with E-state index in [1.54, 1.807) is 0 Å². The number of carbonyl (C=O) groups excluding carboxylic acids is 1. The van der Waals surface area contributed by atoms with Gasteiger partial charge in [-0.2, -0.15) is 0 Å². The number of carbonyl (C=O) groups is 1. The Bertz CT molecular complexity index is 573. The van der Waals surface area contributed by atoms with Crippen molar-refractivity contribution in [2.75, 3.05) is 0 Å². The lowest BCUT2D eigenvalue weighted by Gasteiger charge is -2.14. The molecular weight excluding hydrogens is 302 g/mol. The Morgan fingerprint density at radius 1 is 1.37 bits per heavy atom. The number of aldehydes is 1. The van der Waals surface area contributed by atoms with Crippen LogP contribution in [0.5, 0.6) is 0 Å². The minimum Gasteiger partial charge on any atom is -0.349 e. The summed E-state index contributed by atoms with van der Waals surface area (Å²) in [6.07, 6.45) is 5.73. The summed E-state index contributed by atoms with van der Waals surface area (Å²) < 4.78 is 1.06. The van der Waals surface area contributed by atoms with Crippen LogP contribution < -0.4 is 0 Å². The molecule has 0 aliphatic heterocycles. The summed E-state index contributed by atoms with van der Waals surface area (Å²) in [5, 5.41) is 1.24. The third-order valence-electron chi connectivity index (χ3n) is 3.76. The van der Waals surface area contributed by atoms with Gasteiger partial charge in [0.15, 0.2) is 0 Å². The molecule has 1 heterocycles. The van der Waals surface area contributed by atoms with E-state index in [9.17, 15) is 4.79 Å². The molecule has 3 heteroatoms. The molecule has 0 spiro atoms. The smallest absolute Gasteiger partial charge is 0.150 e. The SMILES string of the molecule is CCCCC(CC)c1c(Br)[nH]c2cc(C=O)ccc12. The van der Waals surface area contributed by atoms with Gasteiger partial charge in [0, 0.05) is 16.5 Å². The lowest BCUT2D eigenvalue weighted by molar-refractivity contribution is 0.112. The topological polar surface area (TPSA) is 32.9 Å². The van der Waals surface area contributed by atoms with Crippen LogP contribution in [0.4, 0.5) is 0 Å². The zero-order valence-corrected chi connectivity index (χ0v) is 13.1. The first-order chi connectivity index (χ1) is 9.21. The molecule has 19 heavy (non-hydrogen) atoms. The fourth-order valence-electron chi connectivity index (χ4n) is 2.68. The Kier molecular flexibility index (Phi) is 4.81. The van der Waals surface area contributed by atoms with E-state index in [-0.39, 0.29) is 0 Å². The van der Waals surface area contributed by atoms with E-state index in [1.807, 2.05) is 12.1 Å². The first kappa shape index (κ1) is 14.3. The molecule has 1 unspecified atom stereocenters. The van der Waals surface area contributed by atoms with Crippen molar-refractivity contribution in [2.24, 2.45) is 0 Å². The van der Waals surface area contributed by atoms with E-state index >= 15 is 0 Å². The third-order valence-corrected chi connectivity index (χ3v) is 4.38. The average molecular weight is 322 g/mol. The molecule has 2 nitrogen and oxygen atoms in total. The molecule has 0 amide bonds. The van der Waals surface area contributed by atoms with Crippen molar-refractivity contribution in [1.29, 1.82) is 0 Å². The molecule has 1 atom stereocenters. The van der Waals surface area contributed by atoms with Crippen molar-refractivity contribution in [3.8, 4) is 0 Å². The second-order valence-corrected chi connectivity index (χ2v) is 5.82. The largest absolute Gasteiger partial charge is 0.349 e. The van der Waals surface area contributed by atoms with Crippen molar-refractivity contribution in [2.45, 2.75) is 45.4 Å². The highest BCUT2D eigenvalue weighted by molar-refractivity contribution is 9.10. The van der Waals surface area contributed by atoms with Gasteiger partial charge in [-0.1, -0.05) is 38.8 Å². The summed E-state index contributed by atoms with van der Waals surface area (Å²) in [5.41, 5.74) is 3.12. The number of benzene rings is 1. The molecule has 2 aromatic rings. The molecule has 102 valence electrons. The number of H-pyrrole nitrogens is 1. The predicted octanol–water partition coefficient (Wildman–Crippen LogP) is 5.43. The number of hydrogen-bond acceptors (Lipinski definition) is 1. The van der Waals surface area contributed by atoms with E-state index in [4.69, 9.17) is 0 Å². The Morgan fingerprint density at radius 2 is 2.16 bits per heavy atom. The minimum absolute atomic E-state index is 0.574. The van der Waals surface area contributed by atoms with E-state index < -0.39 is 0 Å². The van der Waals surface area contributed by atoms with Crippen LogP contribution in [0.3, 0.4) is 0 Å². The first-order valence-electron chi connectivity index (χ1n) is 6.97. The van der Waals surface area contributed by atoms with Crippen molar-refractivity contribution >= 4 is 33.1 Å². The maximum absolute atomic E-state index is 10.8. The zero-order chi connectivity index (χ0) is 13.8. The van der Waals surface area contributed by atoms with Gasteiger partial charge in [-0.15, -0.1) is 0 Å². The van der Waals surface area contributed by atoms with E-state index in [0.717, 1.165) is 28.4 Å². The number of halogens is 1. The summed E-state index contributed by atoms with van der Waals surface area (Å²) in [5.74, 6) is 0.574. The Balaban J connectivity index is 2.46. The van der Waals surface area contributed by atoms with Gasteiger partial charge < -0.3 is 4.98 Å². The number of fused-ring (bicyclic) bond motifs is 1. The Morgan fingerprint density at radius 3 is 2.79 bits per heavy atom. The number of hydrogen-bond donors (Lipinski definition) is 1. The molecule has 1 aromatic carbocycles. The lowest BCUT2D eigenvalue weighted by Crippen LogP contribution is -1.97. The van der Waals surface area contributed by atoms with Crippen LogP contribution in [0.1, 0.15) is 61.4 Å². The second-order valence-electron chi connectivity index (χ2n) is 5.02. The Hall–Kier alpha value is -1.09. The maximum atomic E-state index is 10.8. The van der Waals surface area contributed by atoms with Gasteiger partial charge in [-0.05, 0) is 46.3 Å². The van der Waals surface area contributed by atoms with Crippen LogP contribution in [0, 0.1) is 0 Å². The van der Waals surface area contributed by atoms with Crippen molar-refractivity contribution < 1.29 is 4.79 Å². The van der Waals surface area contributed by atoms with Gasteiger partial charge in [0.25, 0.3) is 0 Å². The summed E-state index contributed by atoms with van der Waals surface area (Å²) in [6, 6.07) is 5.87. The number of nitrogens with one attached hydrogen (secondary N) is 1. The van der Waals surface area contributed by atoms with Gasteiger partial charge >= 0.3 is 0 Å². The van der Waals surface area contributed by atoms with Crippen LogP contribution in [-0.2, 0) is 0 Å². The molecule has 1 aromatic heterocycles. The van der Waals surface area contributed by atoms with Gasteiger partial charge in [0.2, 0.25) is 0 Å². The zero-order valence-electron chi connectivity index (χ0n) is 11.5. The number of unbranched alkanes of at least 4 members (excludes halogenated alkanes) is 1. The monoisotopic (exact) mass is 321 g/mol. The van der Waals surface area contributed by atoms with E-state index in [2.05, 4.69) is 40.8 Å². The predicted molar refractivity (Wildman–Crippen MR) is 83.9 cm³/mol. The number of aromatic amines is 1. The van der Waals surface area contributed by atoms with Crippen LogP contribution in [0.25, 0.3) is 10.9 Å². The van der Waals surface area contributed by atoms with Crippen LogP contribution in [0.2, 0.25) is 0 Å². The minimum atomic E-state index is 0.574. The summed E-state index contributed by atoms with van der Waals surface area (Å²) in [7, 11) is 0. The van der Waals surface area contributed by atoms with Crippen LogP contribution >= 0.6 is 15.9 Å². The highest BCUT2D eigenvalue weighted by Gasteiger charge is 2.18. The van der Waals surface area contributed by atoms with Crippen molar-refractivity contribution in [3.05, 3.63) is 33.9 Å². The molecule has 0 aliphatic rings. The normalized spacial score (nSPS) is 12.8. The molecule has 0 radical (unpaired) electrons. The van der Waals surface area contributed by atoms with Gasteiger partial charge in [0.05, 0.1) is 4.60 Å². The first-order valence-corrected chi connectivity index (χ1v) is 7.76. The molecular formula is C16H20BrNO. The van der Waals surface area contributed by atoms with Crippen molar-refractivity contribution in [3.63, 3.8) is 0 Å². The second kappa shape index (κ2) is 6.38. The van der Waals surface area contributed by atoms with Gasteiger partial charge in [-0.25, -0.2) is 0 Å². The molecule has 0 bridgehead atoms. The van der Waals surface area contributed by atoms with Gasteiger partial charge in [-0.3, -0.25) is 4.79 Å². The number of rotatable bonds is 6. The molecule has 2 rings (SSSR count). The molecule has 0 aliphatic carbocycles. The quantitative estimate of drug-likeness (QED) is 0.707. The standard InChI is InChI=1S/C16H20BrNO/c1-3-5-6-12(4-2)15-13-8-7-11(10-19)9-14(13)18-16(15)17/h7-10,12,18H,3-6H2,1-2H3. The lowest BCUT2D eigenvalue weighted by atomic mass is 9.91. The van der Waals surface area contributed by atoms with Crippen LogP contribution in [0.15, 0.2) is 22.8 Å². The van der Waals surface area contributed by atoms with Gasteiger partial charge in [0.1, 0.15) is 6.29 Å². The van der Waals surface area contributed by atoms with E-state index in [1.165, 1.54) is 30.2 Å². The summed E-state index contributed by atoms with van der Waals surface area (Å²) >= 11 is 3.65.